The number of hydrogen-bond acceptors (Lipinski definition) is 3. The van der Waals surface area contributed by atoms with Gasteiger partial charge in [0.15, 0.2) is 0 Å². The van der Waals surface area contributed by atoms with Crippen LogP contribution in [0.5, 0.6) is 0 Å². The van der Waals surface area contributed by atoms with Crippen LogP contribution < -0.4 is 16.4 Å². The number of amides is 3. The number of rotatable bonds is 7. The molecule has 0 spiro atoms. The van der Waals surface area contributed by atoms with Crippen molar-refractivity contribution in [2.75, 3.05) is 26.2 Å². The number of piperidine rings is 1. The van der Waals surface area contributed by atoms with Crippen LogP contribution in [0.2, 0.25) is 0 Å². The second-order valence-corrected chi connectivity index (χ2v) is 7.05. The number of hydrogen-bond donors (Lipinski definition) is 3. The summed E-state index contributed by atoms with van der Waals surface area (Å²) in [6.45, 7) is 10.5. The molecule has 4 N–H and O–H groups in total. The molecule has 3 amide bonds. The van der Waals surface area contributed by atoms with Gasteiger partial charge < -0.3 is 21.3 Å². The first-order valence-corrected chi connectivity index (χ1v) is 8.92. The summed E-state index contributed by atoms with van der Waals surface area (Å²) in [7, 11) is 0. The standard InChI is InChI=1S/C17H34N4O2/c1-5-17(6-2,12-18)20-15(22)14-8-7-9-21(11-14)16(23)19-10-13(3)4/h13-14H,5-12,18H2,1-4H3,(H,19,23)(H,20,22). The minimum absolute atomic E-state index is 0.0282. The van der Waals surface area contributed by atoms with E-state index in [1.165, 1.54) is 0 Å². The van der Waals surface area contributed by atoms with Crippen molar-refractivity contribution < 1.29 is 9.59 Å². The zero-order valence-corrected chi connectivity index (χ0v) is 15.2. The Morgan fingerprint density at radius 1 is 1.30 bits per heavy atom. The van der Waals surface area contributed by atoms with Crippen LogP contribution in [0.1, 0.15) is 53.4 Å². The van der Waals surface area contributed by atoms with Crippen LogP contribution >= 0.6 is 0 Å². The van der Waals surface area contributed by atoms with E-state index in [1.807, 2.05) is 13.8 Å². The van der Waals surface area contributed by atoms with Crippen molar-refractivity contribution >= 4 is 11.9 Å². The minimum Gasteiger partial charge on any atom is -0.349 e. The van der Waals surface area contributed by atoms with Crippen molar-refractivity contribution in [3.63, 3.8) is 0 Å². The van der Waals surface area contributed by atoms with Crippen LogP contribution in [0.15, 0.2) is 0 Å². The van der Waals surface area contributed by atoms with Crippen molar-refractivity contribution in [3.05, 3.63) is 0 Å². The normalized spacial score (nSPS) is 18.9. The van der Waals surface area contributed by atoms with Gasteiger partial charge in [0.05, 0.1) is 11.5 Å². The molecule has 1 saturated heterocycles. The number of carbonyl (C=O) groups excluding carboxylic acids is 2. The van der Waals surface area contributed by atoms with Gasteiger partial charge in [-0.3, -0.25) is 4.79 Å². The lowest BCUT2D eigenvalue weighted by molar-refractivity contribution is -0.128. The maximum Gasteiger partial charge on any atom is 0.317 e. The summed E-state index contributed by atoms with van der Waals surface area (Å²) in [5.74, 6) is 0.306. The van der Waals surface area contributed by atoms with Gasteiger partial charge in [-0.15, -0.1) is 0 Å². The summed E-state index contributed by atoms with van der Waals surface area (Å²) in [5.41, 5.74) is 5.54. The Kier molecular flexibility index (Phi) is 7.82. The van der Waals surface area contributed by atoms with E-state index in [9.17, 15) is 9.59 Å². The third kappa shape index (κ3) is 5.68. The summed E-state index contributed by atoms with van der Waals surface area (Å²) in [6.07, 6.45) is 3.32. The molecule has 1 aliphatic heterocycles. The molecule has 0 aromatic rings. The maximum absolute atomic E-state index is 12.6. The highest BCUT2D eigenvalue weighted by Crippen LogP contribution is 2.20. The van der Waals surface area contributed by atoms with Gasteiger partial charge in [-0.25, -0.2) is 4.79 Å². The number of carbonyl (C=O) groups is 2. The zero-order valence-electron chi connectivity index (χ0n) is 15.2. The van der Waals surface area contributed by atoms with Gasteiger partial charge in [0, 0.05) is 26.2 Å². The molecule has 1 atom stereocenters. The Balaban J connectivity index is 2.60. The second kappa shape index (κ2) is 9.11. The smallest absolute Gasteiger partial charge is 0.317 e. The summed E-state index contributed by atoms with van der Waals surface area (Å²) in [4.78, 5) is 26.5. The average Bonchev–Trinajstić information content (AvgIpc) is 2.57. The third-order valence-corrected chi connectivity index (χ3v) is 4.87. The van der Waals surface area contributed by atoms with E-state index in [0.717, 1.165) is 32.2 Å². The van der Waals surface area contributed by atoms with Crippen molar-refractivity contribution in [2.45, 2.75) is 58.9 Å². The molecule has 6 nitrogen and oxygen atoms in total. The number of urea groups is 1. The van der Waals surface area contributed by atoms with Gasteiger partial charge in [-0.1, -0.05) is 27.7 Å². The lowest BCUT2D eigenvalue weighted by atomic mass is 9.90. The number of nitrogens with two attached hydrogens (primary N) is 1. The van der Waals surface area contributed by atoms with Gasteiger partial charge in [-0.05, 0) is 31.6 Å². The molecule has 1 fully saturated rings. The predicted molar refractivity (Wildman–Crippen MR) is 93.0 cm³/mol. The van der Waals surface area contributed by atoms with E-state index in [4.69, 9.17) is 5.73 Å². The van der Waals surface area contributed by atoms with Gasteiger partial charge in [0.2, 0.25) is 5.91 Å². The molecule has 0 aromatic carbocycles. The summed E-state index contributed by atoms with van der Waals surface area (Å²) in [6, 6.07) is -0.0627. The van der Waals surface area contributed by atoms with E-state index in [0.29, 0.717) is 25.6 Å². The highest BCUT2D eigenvalue weighted by Gasteiger charge is 2.33. The maximum atomic E-state index is 12.6. The number of nitrogens with zero attached hydrogens (tertiary/aromatic N) is 1. The summed E-state index contributed by atoms with van der Waals surface area (Å²) in [5, 5.41) is 6.07. The molecule has 23 heavy (non-hydrogen) atoms. The van der Waals surface area contributed by atoms with E-state index in [1.54, 1.807) is 4.90 Å². The van der Waals surface area contributed by atoms with Crippen LogP contribution in [0, 0.1) is 11.8 Å². The first-order chi connectivity index (χ1) is 10.9. The van der Waals surface area contributed by atoms with E-state index < -0.39 is 0 Å². The molecule has 6 heteroatoms. The van der Waals surface area contributed by atoms with Crippen molar-refractivity contribution in [2.24, 2.45) is 17.6 Å². The van der Waals surface area contributed by atoms with Crippen molar-refractivity contribution in [1.82, 2.24) is 15.5 Å². The van der Waals surface area contributed by atoms with Gasteiger partial charge in [0.25, 0.3) is 0 Å². The molecule has 134 valence electrons. The number of nitrogens with one attached hydrogen (secondary N) is 2. The van der Waals surface area contributed by atoms with Crippen LogP contribution in [-0.2, 0) is 4.79 Å². The fraction of sp³-hybridized carbons (Fsp3) is 0.882. The summed E-state index contributed by atoms with van der Waals surface area (Å²) < 4.78 is 0. The Morgan fingerprint density at radius 2 is 1.96 bits per heavy atom. The van der Waals surface area contributed by atoms with E-state index >= 15 is 0 Å². The molecule has 0 saturated carbocycles. The van der Waals surface area contributed by atoms with Crippen LogP contribution in [0.3, 0.4) is 0 Å². The Morgan fingerprint density at radius 3 is 2.48 bits per heavy atom. The third-order valence-electron chi connectivity index (χ3n) is 4.87. The first-order valence-electron chi connectivity index (χ1n) is 8.92. The van der Waals surface area contributed by atoms with E-state index in [-0.39, 0.29) is 23.4 Å². The fourth-order valence-corrected chi connectivity index (χ4v) is 2.91. The molecule has 1 aliphatic rings. The highest BCUT2D eigenvalue weighted by atomic mass is 16.2. The fourth-order valence-electron chi connectivity index (χ4n) is 2.91. The number of likely N-dealkylation sites (tertiary alicyclic amines) is 1. The van der Waals surface area contributed by atoms with Crippen LogP contribution in [0.4, 0.5) is 4.79 Å². The molecule has 0 radical (unpaired) electrons. The lowest BCUT2D eigenvalue weighted by Gasteiger charge is -2.36. The second-order valence-electron chi connectivity index (χ2n) is 7.05. The first kappa shape index (κ1) is 19.7. The average molecular weight is 326 g/mol. The lowest BCUT2D eigenvalue weighted by Crippen LogP contribution is -2.57. The predicted octanol–water partition coefficient (Wildman–Crippen LogP) is 1.70. The molecular weight excluding hydrogens is 292 g/mol. The molecule has 0 aliphatic carbocycles. The van der Waals surface area contributed by atoms with Gasteiger partial charge >= 0.3 is 6.03 Å². The SMILES string of the molecule is CCC(CC)(CN)NC(=O)C1CCCN(C(=O)NCC(C)C)C1. The quantitative estimate of drug-likeness (QED) is 0.665. The van der Waals surface area contributed by atoms with E-state index in [2.05, 4.69) is 24.5 Å². The largest absolute Gasteiger partial charge is 0.349 e. The molecule has 1 unspecified atom stereocenters. The summed E-state index contributed by atoms with van der Waals surface area (Å²) >= 11 is 0. The molecule has 1 heterocycles. The topological polar surface area (TPSA) is 87.5 Å². The van der Waals surface area contributed by atoms with Gasteiger partial charge in [-0.2, -0.15) is 0 Å². The van der Waals surface area contributed by atoms with Crippen molar-refractivity contribution in [1.29, 1.82) is 0 Å². The molecular formula is C17H34N4O2. The molecule has 0 aromatic heterocycles. The van der Waals surface area contributed by atoms with Crippen LogP contribution in [-0.4, -0.2) is 48.6 Å². The van der Waals surface area contributed by atoms with Crippen molar-refractivity contribution in [3.8, 4) is 0 Å². The Bertz CT molecular complexity index is 386. The molecule has 0 bridgehead atoms. The van der Waals surface area contributed by atoms with Gasteiger partial charge in [0.1, 0.15) is 0 Å². The van der Waals surface area contributed by atoms with Crippen LogP contribution in [0.25, 0.3) is 0 Å². The highest BCUT2D eigenvalue weighted by molar-refractivity contribution is 5.81. The monoisotopic (exact) mass is 326 g/mol. The minimum atomic E-state index is -0.320. The zero-order chi connectivity index (χ0) is 17.5. The molecule has 1 rings (SSSR count). The Hall–Kier alpha value is -1.30. The Labute approximate surface area is 140 Å².